The number of carbonyl (C=O) groups excluding carboxylic acids is 1. The number of hydrogen-bond acceptors (Lipinski definition) is 6. The van der Waals surface area contributed by atoms with Gasteiger partial charge in [0.1, 0.15) is 12.3 Å². The van der Waals surface area contributed by atoms with Crippen LogP contribution in [0.2, 0.25) is 0 Å². The Bertz CT molecular complexity index is 769. The number of urea groups is 1. The number of primary amides is 1. The predicted octanol–water partition coefficient (Wildman–Crippen LogP) is 2.05. The lowest BCUT2D eigenvalue weighted by Gasteiger charge is -2.31. The molecular formula is C17H23N3O5. The zero-order chi connectivity index (χ0) is 18.0. The summed E-state index contributed by atoms with van der Waals surface area (Å²) in [7, 11) is 4.62. The maximum atomic E-state index is 11.8. The summed E-state index contributed by atoms with van der Waals surface area (Å²) in [5, 5.41) is 0.678. The second kappa shape index (κ2) is 7.10. The molecule has 1 aliphatic rings. The molecule has 8 heteroatoms. The molecule has 25 heavy (non-hydrogen) atoms. The molecule has 136 valence electrons. The number of likely N-dealkylation sites (tertiary alicyclic amines) is 1. The summed E-state index contributed by atoms with van der Waals surface area (Å²) in [5.41, 5.74) is 6.40. The topological polar surface area (TPSA) is 90.4 Å². The van der Waals surface area contributed by atoms with Crippen molar-refractivity contribution < 1.29 is 23.4 Å². The monoisotopic (exact) mass is 349 g/mol. The van der Waals surface area contributed by atoms with Crippen molar-refractivity contribution in [1.82, 2.24) is 4.90 Å². The predicted molar refractivity (Wildman–Crippen MR) is 93.9 cm³/mol. The van der Waals surface area contributed by atoms with Crippen molar-refractivity contribution in [3.05, 3.63) is 12.3 Å². The molecule has 2 amide bonds. The van der Waals surface area contributed by atoms with E-state index in [1.165, 1.54) is 31.8 Å². The number of anilines is 1. The van der Waals surface area contributed by atoms with E-state index < -0.39 is 6.03 Å². The smallest absolute Gasteiger partial charge is 0.319 e. The first kappa shape index (κ1) is 17.2. The van der Waals surface area contributed by atoms with Gasteiger partial charge in [0.2, 0.25) is 5.75 Å². The van der Waals surface area contributed by atoms with Crippen LogP contribution in [-0.4, -0.2) is 58.4 Å². The van der Waals surface area contributed by atoms with Crippen molar-refractivity contribution in [2.45, 2.75) is 6.42 Å². The average Bonchev–Trinajstić information content (AvgIpc) is 3.03. The molecule has 8 nitrogen and oxygen atoms in total. The van der Waals surface area contributed by atoms with Crippen molar-refractivity contribution in [2.24, 2.45) is 5.73 Å². The molecule has 2 heterocycles. The Morgan fingerprint density at radius 3 is 2.56 bits per heavy atom. The number of fused-ring (bicyclic) bond motifs is 1. The van der Waals surface area contributed by atoms with E-state index in [9.17, 15) is 4.79 Å². The number of ether oxygens (including phenoxy) is 3. The number of carbonyl (C=O) groups is 1. The van der Waals surface area contributed by atoms with E-state index in [0.29, 0.717) is 40.5 Å². The van der Waals surface area contributed by atoms with Gasteiger partial charge in [-0.3, -0.25) is 9.80 Å². The molecule has 0 radical (unpaired) electrons. The molecule has 0 spiro atoms. The van der Waals surface area contributed by atoms with Crippen molar-refractivity contribution in [1.29, 1.82) is 0 Å². The van der Waals surface area contributed by atoms with Gasteiger partial charge in [0.15, 0.2) is 17.1 Å². The van der Waals surface area contributed by atoms with E-state index in [2.05, 4.69) is 4.90 Å². The normalized spacial score (nSPS) is 14.2. The Labute approximate surface area is 146 Å². The summed E-state index contributed by atoms with van der Waals surface area (Å²) in [6, 6.07) is 1.12. The molecule has 0 unspecified atom stereocenters. The van der Waals surface area contributed by atoms with E-state index in [1.54, 1.807) is 13.1 Å². The second-order valence-corrected chi connectivity index (χ2v) is 5.85. The molecule has 1 aromatic carbocycles. The molecule has 1 aromatic heterocycles. The Hall–Kier alpha value is -2.61. The van der Waals surface area contributed by atoms with Crippen molar-refractivity contribution in [2.75, 3.05) is 52.4 Å². The third-order valence-electron chi connectivity index (χ3n) is 4.43. The number of methoxy groups -OCH3 is 2. The number of nitrogens with two attached hydrogens (primary N) is 1. The van der Waals surface area contributed by atoms with Crippen LogP contribution in [0.4, 0.5) is 10.5 Å². The lowest BCUT2D eigenvalue weighted by Crippen LogP contribution is -2.39. The Balaban J connectivity index is 2.08. The standard InChI is InChI=1S/C17H23N3O5/c1-19(17(18)21)12-13(22-2)11-5-9-24-14(11)16(23-3)15(12)25-10-8-20-6-4-7-20/h5,9H,4,6-8,10H2,1-3H3,(H2,18,21). The van der Waals surface area contributed by atoms with Crippen LogP contribution in [-0.2, 0) is 0 Å². The fourth-order valence-corrected chi connectivity index (χ4v) is 2.93. The van der Waals surface area contributed by atoms with Crippen molar-refractivity contribution in [3.8, 4) is 17.2 Å². The summed E-state index contributed by atoms with van der Waals surface area (Å²) in [4.78, 5) is 15.4. The largest absolute Gasteiger partial charge is 0.494 e. The van der Waals surface area contributed by atoms with Crippen LogP contribution in [0.1, 0.15) is 6.42 Å². The molecule has 0 atom stereocenters. The van der Waals surface area contributed by atoms with E-state index >= 15 is 0 Å². The van der Waals surface area contributed by atoms with Gasteiger partial charge in [0.05, 0.1) is 25.9 Å². The van der Waals surface area contributed by atoms with E-state index in [0.717, 1.165) is 19.6 Å². The molecule has 1 saturated heterocycles. The van der Waals surface area contributed by atoms with Gasteiger partial charge in [-0.05, 0) is 25.6 Å². The first-order chi connectivity index (χ1) is 12.1. The van der Waals surface area contributed by atoms with Crippen LogP contribution in [0.5, 0.6) is 17.2 Å². The summed E-state index contributed by atoms with van der Waals surface area (Å²) < 4.78 is 22.6. The molecule has 1 fully saturated rings. The Kier molecular flexibility index (Phi) is 4.89. The molecule has 0 aliphatic carbocycles. The number of nitrogens with zero attached hydrogens (tertiary/aromatic N) is 2. The third-order valence-corrected chi connectivity index (χ3v) is 4.43. The molecule has 1 aliphatic heterocycles. The quantitative estimate of drug-likeness (QED) is 0.823. The highest BCUT2D eigenvalue weighted by Gasteiger charge is 2.29. The Morgan fingerprint density at radius 1 is 1.28 bits per heavy atom. The van der Waals surface area contributed by atoms with E-state index in [1.807, 2.05) is 0 Å². The lowest BCUT2D eigenvalue weighted by atomic mass is 10.1. The Morgan fingerprint density at radius 2 is 2.00 bits per heavy atom. The van der Waals surface area contributed by atoms with Gasteiger partial charge < -0.3 is 24.4 Å². The van der Waals surface area contributed by atoms with Crippen molar-refractivity contribution >= 4 is 22.7 Å². The third kappa shape index (κ3) is 3.05. The molecule has 2 aromatic rings. The number of hydrogen-bond donors (Lipinski definition) is 1. The van der Waals surface area contributed by atoms with Crippen LogP contribution in [0, 0.1) is 0 Å². The maximum absolute atomic E-state index is 11.8. The van der Waals surface area contributed by atoms with Gasteiger partial charge in [-0.1, -0.05) is 0 Å². The van der Waals surface area contributed by atoms with Crippen molar-refractivity contribution in [3.63, 3.8) is 0 Å². The van der Waals surface area contributed by atoms with Gasteiger partial charge in [0.25, 0.3) is 0 Å². The van der Waals surface area contributed by atoms with Crippen LogP contribution < -0.4 is 24.8 Å². The molecular weight excluding hydrogens is 326 g/mol. The zero-order valence-electron chi connectivity index (χ0n) is 14.7. The lowest BCUT2D eigenvalue weighted by molar-refractivity contribution is 0.145. The van der Waals surface area contributed by atoms with Crippen LogP contribution >= 0.6 is 0 Å². The molecule has 2 N–H and O–H groups in total. The highest BCUT2D eigenvalue weighted by molar-refractivity contribution is 6.04. The fourth-order valence-electron chi connectivity index (χ4n) is 2.93. The van der Waals surface area contributed by atoms with Crippen LogP contribution in [0.15, 0.2) is 16.7 Å². The molecule has 0 bridgehead atoms. The van der Waals surface area contributed by atoms with Gasteiger partial charge in [-0.15, -0.1) is 0 Å². The fraction of sp³-hybridized carbons (Fsp3) is 0.471. The number of furan rings is 1. The maximum Gasteiger partial charge on any atom is 0.319 e. The highest BCUT2D eigenvalue weighted by Crippen LogP contribution is 2.51. The summed E-state index contributed by atoms with van der Waals surface area (Å²) >= 11 is 0. The molecule has 0 saturated carbocycles. The first-order valence-corrected chi connectivity index (χ1v) is 8.12. The van der Waals surface area contributed by atoms with Crippen LogP contribution in [0.3, 0.4) is 0 Å². The van der Waals surface area contributed by atoms with Gasteiger partial charge >= 0.3 is 6.03 Å². The minimum Gasteiger partial charge on any atom is -0.494 e. The van der Waals surface area contributed by atoms with Gasteiger partial charge in [-0.2, -0.15) is 0 Å². The van der Waals surface area contributed by atoms with Crippen LogP contribution in [0.25, 0.3) is 11.0 Å². The second-order valence-electron chi connectivity index (χ2n) is 5.85. The summed E-state index contributed by atoms with van der Waals surface area (Å²) in [6.45, 7) is 3.40. The summed E-state index contributed by atoms with van der Waals surface area (Å²) in [5.74, 6) is 1.24. The minimum atomic E-state index is -0.629. The van der Waals surface area contributed by atoms with E-state index in [-0.39, 0.29) is 0 Å². The number of rotatable bonds is 7. The highest BCUT2D eigenvalue weighted by atomic mass is 16.5. The number of benzene rings is 1. The first-order valence-electron chi connectivity index (χ1n) is 8.12. The average molecular weight is 349 g/mol. The minimum absolute atomic E-state index is 0.378. The summed E-state index contributed by atoms with van der Waals surface area (Å²) in [6.07, 6.45) is 2.75. The molecule has 3 rings (SSSR count). The SMILES string of the molecule is COc1c(N(C)C(N)=O)c(OCCN2CCC2)c(OC)c2occc12. The zero-order valence-corrected chi connectivity index (χ0v) is 14.7. The van der Waals surface area contributed by atoms with Gasteiger partial charge in [0, 0.05) is 13.6 Å². The van der Waals surface area contributed by atoms with Gasteiger partial charge in [-0.25, -0.2) is 4.79 Å². The number of amides is 2. The van der Waals surface area contributed by atoms with E-state index in [4.69, 9.17) is 24.4 Å².